The molecule has 11 nitrogen and oxygen atoms in total. The first-order chi connectivity index (χ1) is 17.2. The Bertz CT molecular complexity index is 1110. The maximum Gasteiger partial charge on any atom is 0.306 e. The molecule has 0 spiro atoms. The molecule has 0 aliphatic heterocycles. The van der Waals surface area contributed by atoms with Crippen molar-refractivity contribution in [3.8, 4) is 28.4 Å². The molecule has 2 aromatic carbocycles. The lowest BCUT2D eigenvalue weighted by Gasteiger charge is -2.21. The van der Waals surface area contributed by atoms with Crippen LogP contribution in [0.25, 0.3) is 11.1 Å². The van der Waals surface area contributed by atoms with Crippen molar-refractivity contribution in [2.24, 2.45) is 0 Å². The van der Waals surface area contributed by atoms with Gasteiger partial charge in [-0.25, -0.2) is 0 Å². The number of ether oxygens (including phenoxy) is 5. The number of carboxylic acids is 2. The summed E-state index contributed by atoms with van der Waals surface area (Å²) in [4.78, 5) is 45.5. The van der Waals surface area contributed by atoms with E-state index in [0.717, 1.165) is 0 Å². The summed E-state index contributed by atoms with van der Waals surface area (Å²) in [5.74, 6) is -2.72. The van der Waals surface area contributed by atoms with E-state index in [9.17, 15) is 19.2 Å². The number of carbonyl (C=O) groups is 4. The Balaban J connectivity index is 2.49. The highest BCUT2D eigenvalue weighted by atomic mass is 16.5. The number of carboxylic acid groups (broad SMARTS) is 2. The van der Waals surface area contributed by atoms with Crippen LogP contribution in [0, 0.1) is 0 Å². The molecule has 0 saturated heterocycles. The van der Waals surface area contributed by atoms with Crippen LogP contribution >= 0.6 is 0 Å². The third-order valence-electron chi connectivity index (χ3n) is 5.06. The predicted octanol–water partition coefficient (Wildman–Crippen LogP) is 3.20. The van der Waals surface area contributed by atoms with Gasteiger partial charge >= 0.3 is 23.9 Å². The molecular weight excluding hydrogens is 476 g/mol. The number of carbonyl (C=O) groups excluding carboxylic acids is 2. The Hall–Kier alpha value is -4.28. The van der Waals surface area contributed by atoms with E-state index in [1.807, 2.05) is 0 Å². The van der Waals surface area contributed by atoms with Gasteiger partial charge in [-0.15, -0.1) is 0 Å². The number of hydrogen-bond acceptors (Lipinski definition) is 9. The monoisotopic (exact) mass is 504 g/mol. The number of hydrogen-bond donors (Lipinski definition) is 2. The smallest absolute Gasteiger partial charge is 0.306 e. The largest absolute Gasteiger partial charge is 0.493 e. The minimum atomic E-state index is -1.12. The highest BCUT2D eigenvalue weighted by Gasteiger charge is 2.24. The van der Waals surface area contributed by atoms with Gasteiger partial charge in [-0.2, -0.15) is 0 Å². The molecule has 0 unspecified atom stereocenters. The fourth-order valence-corrected chi connectivity index (χ4v) is 3.38. The summed E-state index contributed by atoms with van der Waals surface area (Å²) < 4.78 is 27.1. The van der Waals surface area contributed by atoms with Gasteiger partial charge in [-0.3, -0.25) is 19.2 Å². The molecule has 0 aliphatic carbocycles. The summed E-state index contributed by atoms with van der Waals surface area (Å²) in [5.41, 5.74) is 2.11. The van der Waals surface area contributed by atoms with E-state index in [2.05, 4.69) is 0 Å². The molecule has 0 aliphatic rings. The van der Waals surface area contributed by atoms with Gasteiger partial charge in [0.15, 0.2) is 11.5 Å². The van der Waals surface area contributed by atoms with E-state index in [0.29, 0.717) is 28.0 Å². The third kappa shape index (κ3) is 7.62. The van der Waals surface area contributed by atoms with E-state index in [1.165, 1.54) is 21.3 Å². The van der Waals surface area contributed by atoms with Gasteiger partial charge in [0.2, 0.25) is 5.75 Å². The van der Waals surface area contributed by atoms with Gasteiger partial charge in [-0.05, 0) is 17.2 Å². The van der Waals surface area contributed by atoms with Gasteiger partial charge in [0, 0.05) is 11.1 Å². The molecular formula is C25H28O11. The molecule has 2 aromatic rings. The van der Waals surface area contributed by atoms with Crippen LogP contribution in [0.5, 0.6) is 17.2 Å². The number of methoxy groups -OCH3 is 3. The van der Waals surface area contributed by atoms with E-state index in [-0.39, 0.29) is 50.4 Å². The molecule has 0 bridgehead atoms. The second-order valence-electron chi connectivity index (χ2n) is 7.45. The van der Waals surface area contributed by atoms with Crippen molar-refractivity contribution in [2.45, 2.75) is 38.9 Å². The average Bonchev–Trinajstić information content (AvgIpc) is 2.87. The van der Waals surface area contributed by atoms with Crippen LogP contribution < -0.4 is 14.2 Å². The van der Waals surface area contributed by atoms with E-state index in [4.69, 9.17) is 33.9 Å². The second-order valence-corrected chi connectivity index (χ2v) is 7.45. The SMILES string of the molecule is COc1cc(COC(=O)CCC(=O)O)c(-c2ccccc2COC(=O)CCC(=O)O)c(OC)c1OC. The van der Waals surface area contributed by atoms with E-state index in [1.54, 1.807) is 30.3 Å². The zero-order valence-electron chi connectivity index (χ0n) is 20.2. The van der Waals surface area contributed by atoms with Crippen LogP contribution in [0.15, 0.2) is 30.3 Å². The highest BCUT2D eigenvalue weighted by molar-refractivity contribution is 5.82. The lowest BCUT2D eigenvalue weighted by molar-refractivity contribution is -0.148. The molecule has 0 atom stereocenters. The normalized spacial score (nSPS) is 10.3. The minimum absolute atomic E-state index is 0.149. The first kappa shape index (κ1) is 28.0. The number of rotatable bonds is 14. The Morgan fingerprint density at radius 1 is 0.694 bits per heavy atom. The number of benzene rings is 2. The summed E-state index contributed by atoms with van der Waals surface area (Å²) in [5, 5.41) is 17.6. The Morgan fingerprint density at radius 2 is 1.22 bits per heavy atom. The van der Waals surface area contributed by atoms with Crippen molar-refractivity contribution in [2.75, 3.05) is 21.3 Å². The molecule has 0 amide bonds. The van der Waals surface area contributed by atoms with Gasteiger partial charge in [0.25, 0.3) is 0 Å². The molecule has 0 radical (unpaired) electrons. The molecule has 11 heteroatoms. The highest BCUT2D eigenvalue weighted by Crippen LogP contribution is 2.47. The Labute approximate surface area is 207 Å². The standard InChI is InChI=1S/C25H28O11/c1-32-18-12-16(14-36-22(31)11-9-20(28)29)23(25(34-3)24(18)33-2)17-7-5-4-6-15(17)13-35-21(30)10-8-19(26)27/h4-7,12H,8-11,13-14H2,1-3H3,(H,26,27)(H,28,29). The lowest BCUT2D eigenvalue weighted by atomic mass is 9.94. The van der Waals surface area contributed by atoms with Crippen LogP contribution in [-0.2, 0) is 41.9 Å². The fraction of sp³-hybridized carbons (Fsp3) is 0.360. The molecule has 2 N–H and O–H groups in total. The van der Waals surface area contributed by atoms with E-state index < -0.39 is 23.9 Å². The van der Waals surface area contributed by atoms with Crippen LogP contribution in [0.4, 0.5) is 0 Å². The molecule has 194 valence electrons. The Morgan fingerprint density at radius 3 is 1.72 bits per heavy atom. The molecule has 2 rings (SSSR count). The fourth-order valence-electron chi connectivity index (χ4n) is 3.38. The first-order valence-electron chi connectivity index (χ1n) is 10.9. The van der Waals surface area contributed by atoms with Crippen LogP contribution in [-0.4, -0.2) is 55.4 Å². The minimum Gasteiger partial charge on any atom is -0.493 e. The summed E-state index contributed by atoms with van der Waals surface area (Å²) >= 11 is 0. The zero-order valence-corrected chi connectivity index (χ0v) is 20.2. The van der Waals surface area contributed by atoms with Crippen molar-refractivity contribution in [3.63, 3.8) is 0 Å². The number of esters is 2. The summed E-state index contributed by atoms with van der Waals surface area (Å²) in [7, 11) is 4.30. The average molecular weight is 504 g/mol. The zero-order chi connectivity index (χ0) is 26.7. The van der Waals surface area contributed by atoms with Gasteiger partial charge in [0.1, 0.15) is 13.2 Å². The van der Waals surface area contributed by atoms with Gasteiger partial charge in [-0.1, -0.05) is 24.3 Å². The summed E-state index contributed by atoms with van der Waals surface area (Å²) in [6.45, 7) is -0.374. The third-order valence-corrected chi connectivity index (χ3v) is 5.06. The maximum atomic E-state index is 12.1. The second kappa shape index (κ2) is 13.6. The molecule has 0 aromatic heterocycles. The van der Waals surface area contributed by atoms with Crippen LogP contribution in [0.2, 0.25) is 0 Å². The first-order valence-corrected chi connectivity index (χ1v) is 10.9. The number of aliphatic carboxylic acids is 2. The molecule has 36 heavy (non-hydrogen) atoms. The van der Waals surface area contributed by atoms with E-state index >= 15 is 0 Å². The maximum absolute atomic E-state index is 12.1. The van der Waals surface area contributed by atoms with Crippen molar-refractivity contribution in [3.05, 3.63) is 41.5 Å². The van der Waals surface area contributed by atoms with Crippen molar-refractivity contribution in [1.82, 2.24) is 0 Å². The lowest BCUT2D eigenvalue weighted by Crippen LogP contribution is -2.10. The van der Waals surface area contributed by atoms with Crippen LogP contribution in [0.1, 0.15) is 36.8 Å². The quantitative estimate of drug-likeness (QED) is 0.364. The van der Waals surface area contributed by atoms with Crippen molar-refractivity contribution >= 4 is 23.9 Å². The summed E-state index contributed by atoms with van der Waals surface area (Å²) in [6.07, 6.45) is -1.27. The molecule has 0 fully saturated rings. The van der Waals surface area contributed by atoms with Crippen molar-refractivity contribution < 1.29 is 53.1 Å². The van der Waals surface area contributed by atoms with Crippen molar-refractivity contribution in [1.29, 1.82) is 0 Å². The van der Waals surface area contributed by atoms with Gasteiger partial charge in [0.05, 0.1) is 47.0 Å². The summed E-state index contributed by atoms with van der Waals surface area (Å²) in [6, 6.07) is 8.57. The predicted molar refractivity (Wildman–Crippen MR) is 125 cm³/mol. The Kier molecular flexibility index (Phi) is 10.5. The molecule has 0 saturated carbocycles. The molecule has 0 heterocycles. The van der Waals surface area contributed by atoms with Crippen LogP contribution in [0.3, 0.4) is 0 Å². The van der Waals surface area contributed by atoms with Gasteiger partial charge < -0.3 is 33.9 Å². The topological polar surface area (TPSA) is 155 Å².